The smallest absolute Gasteiger partial charge is 0.256 e. The van der Waals surface area contributed by atoms with Crippen LogP contribution < -0.4 is 0 Å². The minimum Gasteiger partial charge on any atom is -0.340 e. The zero-order valence-electron chi connectivity index (χ0n) is 18.3. The number of fused-ring (bicyclic) bond motifs is 1. The number of piperidine rings is 1. The van der Waals surface area contributed by atoms with Crippen LogP contribution in [0.5, 0.6) is 0 Å². The van der Waals surface area contributed by atoms with E-state index >= 15 is 0 Å². The summed E-state index contributed by atoms with van der Waals surface area (Å²) in [7, 11) is 0. The molecule has 0 aliphatic carbocycles. The van der Waals surface area contributed by atoms with E-state index in [0.717, 1.165) is 60.2 Å². The fraction of sp³-hybridized carbons (Fsp3) is 0.250. The molecule has 0 radical (unpaired) electrons. The maximum Gasteiger partial charge on any atom is 0.256 e. The standard InChI is InChI=1S/C28H27FN2O/c1-20-27(25-9-5-6-10-26(25)31(20)19-21-7-3-2-4-8-21)28(32)30-17-15-23(16-18-30)22-11-13-24(29)14-12-22/h2-14,23H,15-19H2,1H3. The van der Waals surface area contributed by atoms with Crippen molar-refractivity contribution in [3.05, 3.63) is 107 Å². The molecular weight excluding hydrogens is 399 g/mol. The number of hydrogen-bond acceptors (Lipinski definition) is 1. The average Bonchev–Trinajstić information content (AvgIpc) is 3.11. The first-order valence-corrected chi connectivity index (χ1v) is 11.3. The number of likely N-dealkylation sites (tertiary alicyclic amines) is 1. The molecule has 0 atom stereocenters. The number of nitrogens with zero attached hydrogens (tertiary/aromatic N) is 2. The van der Waals surface area contributed by atoms with Crippen LogP contribution in [0.2, 0.25) is 0 Å². The van der Waals surface area contributed by atoms with Crippen molar-refractivity contribution in [2.45, 2.75) is 32.2 Å². The van der Waals surface area contributed by atoms with Gasteiger partial charge in [-0.3, -0.25) is 4.79 Å². The van der Waals surface area contributed by atoms with Crippen LogP contribution in [0.3, 0.4) is 0 Å². The lowest BCUT2D eigenvalue weighted by atomic mass is 9.89. The number of halogens is 1. The highest BCUT2D eigenvalue weighted by molar-refractivity contribution is 6.08. The van der Waals surface area contributed by atoms with Gasteiger partial charge in [-0.25, -0.2) is 4.39 Å². The number of para-hydroxylation sites is 1. The fourth-order valence-electron chi connectivity index (χ4n) is 4.98. The number of aromatic nitrogens is 1. The van der Waals surface area contributed by atoms with Crippen LogP contribution in [-0.4, -0.2) is 28.5 Å². The molecule has 3 aromatic carbocycles. The maximum absolute atomic E-state index is 13.7. The Bertz CT molecular complexity index is 1240. The van der Waals surface area contributed by atoms with Gasteiger partial charge < -0.3 is 9.47 Å². The van der Waals surface area contributed by atoms with Gasteiger partial charge in [0.15, 0.2) is 0 Å². The van der Waals surface area contributed by atoms with E-state index in [0.29, 0.717) is 5.92 Å². The molecule has 0 N–H and O–H groups in total. The molecule has 1 aromatic heterocycles. The first-order chi connectivity index (χ1) is 15.6. The lowest BCUT2D eigenvalue weighted by molar-refractivity contribution is 0.0714. The van der Waals surface area contributed by atoms with Gasteiger partial charge in [0, 0.05) is 36.2 Å². The molecule has 4 aromatic rings. The summed E-state index contributed by atoms with van der Waals surface area (Å²) < 4.78 is 15.5. The summed E-state index contributed by atoms with van der Waals surface area (Å²) in [4.78, 5) is 15.6. The van der Waals surface area contributed by atoms with E-state index in [4.69, 9.17) is 0 Å². The molecule has 1 saturated heterocycles. The molecule has 1 aliphatic heterocycles. The van der Waals surface area contributed by atoms with Crippen molar-refractivity contribution >= 4 is 16.8 Å². The summed E-state index contributed by atoms with van der Waals surface area (Å²) in [6.45, 7) is 4.24. The van der Waals surface area contributed by atoms with Crippen molar-refractivity contribution in [2.24, 2.45) is 0 Å². The van der Waals surface area contributed by atoms with Gasteiger partial charge in [-0.05, 0) is 55.0 Å². The Morgan fingerprint density at radius 2 is 1.56 bits per heavy atom. The third-order valence-electron chi connectivity index (χ3n) is 6.75. The number of carbonyl (C=O) groups is 1. The zero-order valence-corrected chi connectivity index (χ0v) is 18.3. The lowest BCUT2D eigenvalue weighted by Gasteiger charge is -2.32. The predicted octanol–water partition coefficient (Wildman–Crippen LogP) is 6.16. The van der Waals surface area contributed by atoms with Gasteiger partial charge in [-0.1, -0.05) is 60.7 Å². The maximum atomic E-state index is 13.7. The van der Waals surface area contributed by atoms with Crippen molar-refractivity contribution in [2.75, 3.05) is 13.1 Å². The molecule has 2 heterocycles. The quantitative estimate of drug-likeness (QED) is 0.384. The Labute approximate surface area is 188 Å². The van der Waals surface area contributed by atoms with Gasteiger partial charge in [0.05, 0.1) is 5.56 Å². The number of carbonyl (C=O) groups excluding carboxylic acids is 1. The molecule has 32 heavy (non-hydrogen) atoms. The first-order valence-electron chi connectivity index (χ1n) is 11.3. The van der Waals surface area contributed by atoms with Gasteiger partial charge >= 0.3 is 0 Å². The number of amides is 1. The van der Waals surface area contributed by atoms with E-state index in [2.05, 4.69) is 35.8 Å². The van der Waals surface area contributed by atoms with Crippen LogP contribution in [0, 0.1) is 12.7 Å². The Morgan fingerprint density at radius 1 is 0.906 bits per heavy atom. The zero-order chi connectivity index (χ0) is 22.1. The third kappa shape index (κ3) is 3.81. The van der Waals surface area contributed by atoms with E-state index in [1.807, 2.05) is 47.4 Å². The molecule has 5 rings (SSSR count). The third-order valence-corrected chi connectivity index (χ3v) is 6.75. The minimum absolute atomic E-state index is 0.114. The monoisotopic (exact) mass is 426 g/mol. The highest BCUT2D eigenvalue weighted by atomic mass is 19.1. The number of rotatable bonds is 4. The molecule has 0 unspecified atom stereocenters. The van der Waals surface area contributed by atoms with Crippen LogP contribution in [0.25, 0.3) is 10.9 Å². The Hall–Kier alpha value is -3.40. The average molecular weight is 427 g/mol. The van der Waals surface area contributed by atoms with Gasteiger partial charge in [0.1, 0.15) is 5.82 Å². The number of hydrogen-bond donors (Lipinski definition) is 0. The SMILES string of the molecule is Cc1c(C(=O)N2CCC(c3ccc(F)cc3)CC2)c2ccccc2n1Cc1ccccc1. The summed E-state index contributed by atoms with van der Waals surface area (Å²) in [5.74, 6) is 0.284. The summed E-state index contributed by atoms with van der Waals surface area (Å²) in [5.41, 5.74) is 5.31. The van der Waals surface area contributed by atoms with Crippen molar-refractivity contribution in [3.8, 4) is 0 Å². The van der Waals surface area contributed by atoms with Crippen molar-refractivity contribution < 1.29 is 9.18 Å². The van der Waals surface area contributed by atoms with Crippen LogP contribution in [0.1, 0.15) is 45.9 Å². The molecule has 0 bridgehead atoms. The number of benzene rings is 3. The van der Waals surface area contributed by atoms with Gasteiger partial charge in [-0.2, -0.15) is 0 Å². The van der Waals surface area contributed by atoms with E-state index in [1.165, 1.54) is 17.7 Å². The topological polar surface area (TPSA) is 25.2 Å². The highest BCUT2D eigenvalue weighted by Crippen LogP contribution is 2.32. The molecule has 0 spiro atoms. The molecule has 1 amide bonds. The van der Waals surface area contributed by atoms with Crippen LogP contribution >= 0.6 is 0 Å². The van der Waals surface area contributed by atoms with E-state index in [-0.39, 0.29) is 11.7 Å². The highest BCUT2D eigenvalue weighted by Gasteiger charge is 2.28. The molecule has 3 nitrogen and oxygen atoms in total. The molecule has 4 heteroatoms. The van der Waals surface area contributed by atoms with Gasteiger partial charge in [0.25, 0.3) is 5.91 Å². The van der Waals surface area contributed by atoms with E-state index < -0.39 is 0 Å². The first kappa shape index (κ1) is 20.5. The van der Waals surface area contributed by atoms with Crippen molar-refractivity contribution in [3.63, 3.8) is 0 Å². The van der Waals surface area contributed by atoms with Crippen LogP contribution in [-0.2, 0) is 6.54 Å². The van der Waals surface area contributed by atoms with Gasteiger partial charge in [0.2, 0.25) is 0 Å². The van der Waals surface area contributed by atoms with Gasteiger partial charge in [-0.15, -0.1) is 0 Å². The second kappa shape index (κ2) is 8.62. The molecule has 1 fully saturated rings. The summed E-state index contributed by atoms with van der Waals surface area (Å²) >= 11 is 0. The Balaban J connectivity index is 1.40. The van der Waals surface area contributed by atoms with Crippen LogP contribution in [0.4, 0.5) is 4.39 Å². The second-order valence-electron chi connectivity index (χ2n) is 8.67. The molecule has 0 saturated carbocycles. The Kier molecular flexibility index (Phi) is 5.52. The van der Waals surface area contributed by atoms with E-state index in [9.17, 15) is 9.18 Å². The second-order valence-corrected chi connectivity index (χ2v) is 8.67. The fourth-order valence-corrected chi connectivity index (χ4v) is 4.98. The predicted molar refractivity (Wildman–Crippen MR) is 126 cm³/mol. The molecule has 162 valence electrons. The summed E-state index contributed by atoms with van der Waals surface area (Å²) in [6, 6.07) is 25.4. The Morgan fingerprint density at radius 3 is 2.28 bits per heavy atom. The van der Waals surface area contributed by atoms with Crippen molar-refractivity contribution in [1.82, 2.24) is 9.47 Å². The largest absolute Gasteiger partial charge is 0.340 e. The lowest BCUT2D eigenvalue weighted by Crippen LogP contribution is -2.38. The summed E-state index contributed by atoms with van der Waals surface area (Å²) in [5, 5.41) is 1.02. The van der Waals surface area contributed by atoms with E-state index in [1.54, 1.807) is 0 Å². The normalized spacial score (nSPS) is 14.8. The van der Waals surface area contributed by atoms with Crippen LogP contribution in [0.15, 0.2) is 78.9 Å². The minimum atomic E-state index is -0.205. The summed E-state index contributed by atoms with van der Waals surface area (Å²) in [6.07, 6.45) is 1.80. The van der Waals surface area contributed by atoms with Crippen molar-refractivity contribution in [1.29, 1.82) is 0 Å². The molecule has 1 aliphatic rings. The molecular formula is C28H27FN2O.